The van der Waals surface area contributed by atoms with E-state index in [2.05, 4.69) is 31.1 Å². The van der Waals surface area contributed by atoms with Gasteiger partial charge < -0.3 is 15.4 Å². The van der Waals surface area contributed by atoms with E-state index >= 15 is 0 Å². The van der Waals surface area contributed by atoms with Gasteiger partial charge in [0, 0.05) is 13.2 Å². The van der Waals surface area contributed by atoms with Crippen LogP contribution in [0.2, 0.25) is 0 Å². The lowest BCUT2D eigenvalue weighted by atomic mass is 10.1. The topological polar surface area (TPSA) is 38.5 Å². The van der Waals surface area contributed by atoms with Crippen molar-refractivity contribution in [3.8, 4) is 0 Å². The fraction of sp³-hybridized carbons (Fsp3) is 0.538. The van der Waals surface area contributed by atoms with Gasteiger partial charge in [-0.15, -0.1) is 0 Å². The summed E-state index contributed by atoms with van der Waals surface area (Å²) in [6.45, 7) is 2.34. The second-order valence-corrected chi connectivity index (χ2v) is 4.16. The van der Waals surface area contributed by atoms with Gasteiger partial charge in [-0.25, -0.2) is 0 Å². The van der Waals surface area contributed by atoms with Crippen molar-refractivity contribution in [2.75, 3.05) is 33.8 Å². The minimum atomic E-state index is 0.0309. The van der Waals surface area contributed by atoms with E-state index in [0.717, 1.165) is 25.1 Å². The van der Waals surface area contributed by atoms with Crippen LogP contribution in [0.25, 0.3) is 0 Å². The minimum Gasteiger partial charge on any atom is -0.372 e. The van der Waals surface area contributed by atoms with Gasteiger partial charge in [-0.3, -0.25) is 0 Å². The molecule has 0 aromatic heterocycles. The molecule has 0 aliphatic heterocycles. The van der Waals surface area contributed by atoms with Crippen LogP contribution in [-0.4, -0.2) is 38.7 Å². The van der Waals surface area contributed by atoms with Gasteiger partial charge in [0.25, 0.3) is 0 Å². The smallest absolute Gasteiger partial charge is 0.0947 e. The van der Waals surface area contributed by atoms with Gasteiger partial charge in [-0.1, -0.05) is 30.3 Å². The number of hydrogen-bond acceptors (Lipinski definition) is 3. The molecule has 3 nitrogen and oxygen atoms in total. The molecule has 1 aromatic rings. The Morgan fingerprint density at radius 1 is 1.25 bits per heavy atom. The number of hydrogen-bond donors (Lipinski definition) is 1. The molecule has 0 bridgehead atoms. The van der Waals surface area contributed by atoms with E-state index in [1.54, 1.807) is 0 Å². The maximum atomic E-state index is 5.78. The van der Waals surface area contributed by atoms with E-state index < -0.39 is 0 Å². The summed E-state index contributed by atoms with van der Waals surface area (Å²) in [5, 5.41) is 0. The van der Waals surface area contributed by atoms with Crippen LogP contribution in [0.1, 0.15) is 18.1 Å². The number of rotatable bonds is 7. The van der Waals surface area contributed by atoms with Crippen molar-refractivity contribution in [3.05, 3.63) is 35.9 Å². The van der Waals surface area contributed by atoms with Gasteiger partial charge in [0.1, 0.15) is 0 Å². The van der Waals surface area contributed by atoms with E-state index in [9.17, 15) is 0 Å². The molecule has 0 amide bonds. The Kier molecular flexibility index (Phi) is 6.08. The van der Waals surface area contributed by atoms with Crippen LogP contribution in [-0.2, 0) is 4.74 Å². The van der Waals surface area contributed by atoms with Crippen molar-refractivity contribution in [3.63, 3.8) is 0 Å². The number of ether oxygens (including phenoxy) is 1. The fourth-order valence-corrected chi connectivity index (χ4v) is 1.57. The van der Waals surface area contributed by atoms with Crippen LogP contribution in [0.5, 0.6) is 0 Å². The van der Waals surface area contributed by atoms with Gasteiger partial charge in [0.2, 0.25) is 0 Å². The first kappa shape index (κ1) is 13.2. The highest BCUT2D eigenvalue weighted by molar-refractivity contribution is 5.17. The van der Waals surface area contributed by atoms with Crippen molar-refractivity contribution in [2.45, 2.75) is 12.5 Å². The zero-order valence-corrected chi connectivity index (χ0v) is 10.2. The minimum absolute atomic E-state index is 0.0309. The third kappa shape index (κ3) is 4.75. The normalized spacial score (nSPS) is 13.0. The molecule has 16 heavy (non-hydrogen) atoms. The lowest BCUT2D eigenvalue weighted by Crippen LogP contribution is -2.19. The summed E-state index contributed by atoms with van der Waals surface area (Å²) in [6.07, 6.45) is 1.07. The van der Waals surface area contributed by atoms with Crippen molar-refractivity contribution in [1.29, 1.82) is 0 Å². The van der Waals surface area contributed by atoms with Crippen LogP contribution in [0, 0.1) is 0 Å². The quantitative estimate of drug-likeness (QED) is 0.713. The predicted molar refractivity (Wildman–Crippen MR) is 67.4 cm³/mol. The molecule has 3 heteroatoms. The molecular formula is C13H22N2O. The third-order valence-electron chi connectivity index (χ3n) is 2.45. The van der Waals surface area contributed by atoms with E-state index in [1.165, 1.54) is 0 Å². The summed E-state index contributed by atoms with van der Waals surface area (Å²) in [7, 11) is 4.13. The molecule has 0 spiro atoms. The summed E-state index contributed by atoms with van der Waals surface area (Å²) < 4.78 is 5.78. The Labute approximate surface area is 98.2 Å². The van der Waals surface area contributed by atoms with Gasteiger partial charge in [0.05, 0.1) is 6.10 Å². The highest BCUT2D eigenvalue weighted by Gasteiger charge is 2.08. The van der Waals surface area contributed by atoms with Crippen molar-refractivity contribution < 1.29 is 4.74 Å². The number of nitrogens with zero attached hydrogens (tertiary/aromatic N) is 1. The molecule has 1 unspecified atom stereocenters. The average molecular weight is 222 g/mol. The van der Waals surface area contributed by atoms with Gasteiger partial charge in [-0.05, 0) is 32.6 Å². The summed E-state index contributed by atoms with van der Waals surface area (Å²) in [5.74, 6) is 0. The number of nitrogens with two attached hydrogens (primary N) is 1. The lowest BCUT2D eigenvalue weighted by Gasteiger charge is -2.17. The molecule has 0 saturated heterocycles. The van der Waals surface area contributed by atoms with Crippen LogP contribution < -0.4 is 5.73 Å². The zero-order valence-electron chi connectivity index (χ0n) is 10.2. The summed E-state index contributed by atoms with van der Waals surface area (Å²) in [6, 6.07) is 10.2. The molecule has 2 N–H and O–H groups in total. The number of benzene rings is 1. The molecule has 0 fully saturated rings. The third-order valence-corrected chi connectivity index (χ3v) is 2.45. The molecule has 0 saturated carbocycles. The van der Waals surface area contributed by atoms with E-state index in [1.807, 2.05) is 18.2 Å². The van der Waals surface area contributed by atoms with Gasteiger partial charge in [-0.2, -0.15) is 0 Å². The Morgan fingerprint density at radius 2 is 1.94 bits per heavy atom. The van der Waals surface area contributed by atoms with Crippen molar-refractivity contribution in [1.82, 2.24) is 4.90 Å². The molecule has 90 valence electrons. The van der Waals surface area contributed by atoms with Crippen molar-refractivity contribution >= 4 is 0 Å². The molecule has 0 aliphatic carbocycles. The molecular weight excluding hydrogens is 200 g/mol. The molecule has 0 aliphatic rings. The molecule has 0 heterocycles. The van der Waals surface area contributed by atoms with Crippen LogP contribution in [0.4, 0.5) is 0 Å². The highest BCUT2D eigenvalue weighted by atomic mass is 16.5. The van der Waals surface area contributed by atoms with Crippen LogP contribution >= 0.6 is 0 Å². The first-order valence-corrected chi connectivity index (χ1v) is 5.75. The second-order valence-electron chi connectivity index (χ2n) is 4.16. The first-order valence-electron chi connectivity index (χ1n) is 5.75. The molecule has 1 atom stereocenters. The second kappa shape index (κ2) is 7.39. The maximum absolute atomic E-state index is 5.78. The molecule has 1 rings (SSSR count). The largest absolute Gasteiger partial charge is 0.372 e. The molecule has 1 aromatic carbocycles. The average Bonchev–Trinajstić information content (AvgIpc) is 2.30. The Balaban J connectivity index is 2.33. The standard InChI is InChI=1S/C13H22N2O/c1-15(2)9-6-10-16-13(11-14)12-7-4-3-5-8-12/h3-5,7-8,13H,6,9-11,14H2,1-2H3. The molecule has 0 radical (unpaired) electrons. The first-order chi connectivity index (χ1) is 7.74. The summed E-state index contributed by atoms with van der Waals surface area (Å²) in [4.78, 5) is 2.16. The van der Waals surface area contributed by atoms with E-state index in [0.29, 0.717) is 6.54 Å². The van der Waals surface area contributed by atoms with E-state index in [4.69, 9.17) is 10.5 Å². The fourth-order valence-electron chi connectivity index (χ4n) is 1.57. The zero-order chi connectivity index (χ0) is 11.8. The van der Waals surface area contributed by atoms with Crippen molar-refractivity contribution in [2.24, 2.45) is 5.73 Å². The maximum Gasteiger partial charge on any atom is 0.0947 e. The Hall–Kier alpha value is -0.900. The SMILES string of the molecule is CN(C)CCCOC(CN)c1ccccc1. The Bertz CT molecular complexity index is 275. The monoisotopic (exact) mass is 222 g/mol. The van der Waals surface area contributed by atoms with Crippen LogP contribution in [0.15, 0.2) is 30.3 Å². The van der Waals surface area contributed by atoms with E-state index in [-0.39, 0.29) is 6.10 Å². The van der Waals surface area contributed by atoms with Gasteiger partial charge in [0.15, 0.2) is 0 Å². The summed E-state index contributed by atoms with van der Waals surface area (Å²) >= 11 is 0. The summed E-state index contributed by atoms with van der Waals surface area (Å²) in [5.41, 5.74) is 6.87. The highest BCUT2D eigenvalue weighted by Crippen LogP contribution is 2.15. The van der Waals surface area contributed by atoms with Gasteiger partial charge >= 0.3 is 0 Å². The lowest BCUT2D eigenvalue weighted by molar-refractivity contribution is 0.0539. The predicted octanol–water partition coefficient (Wildman–Crippen LogP) is 1.65. The van der Waals surface area contributed by atoms with Crippen LogP contribution in [0.3, 0.4) is 0 Å². The Morgan fingerprint density at radius 3 is 2.50 bits per heavy atom.